The molecule has 11 heavy (non-hydrogen) atoms. The lowest BCUT2D eigenvalue weighted by atomic mass is 10.1. The Bertz CT molecular complexity index is 139. The van der Waals surface area contributed by atoms with Gasteiger partial charge in [-0.05, 0) is 19.3 Å². The fourth-order valence-corrected chi connectivity index (χ4v) is 2.16. The average molecular weight is 234 g/mol. The minimum atomic E-state index is -1.24. The molecular formula is C6H11Cl3OSi. The van der Waals surface area contributed by atoms with Gasteiger partial charge in [0.15, 0.2) is 0 Å². The monoisotopic (exact) mass is 232 g/mol. The molecule has 1 atom stereocenters. The summed E-state index contributed by atoms with van der Waals surface area (Å²) in [5, 5.41) is -0.448. The van der Waals surface area contributed by atoms with E-state index in [-0.39, 0.29) is 0 Å². The highest BCUT2D eigenvalue weighted by Crippen LogP contribution is 2.43. The zero-order valence-electron chi connectivity index (χ0n) is 6.37. The van der Waals surface area contributed by atoms with Crippen LogP contribution in [0.4, 0.5) is 0 Å². The first-order chi connectivity index (χ1) is 4.96. The van der Waals surface area contributed by atoms with Crippen LogP contribution in [0.2, 0.25) is 0 Å². The summed E-state index contributed by atoms with van der Waals surface area (Å²) in [5.41, 5.74) is 0. The Balaban J connectivity index is 2.64. The van der Waals surface area contributed by atoms with Gasteiger partial charge < -0.3 is 4.74 Å². The molecule has 0 radical (unpaired) electrons. The lowest BCUT2D eigenvalue weighted by Crippen LogP contribution is -2.48. The Morgan fingerprint density at radius 2 is 1.91 bits per heavy atom. The topological polar surface area (TPSA) is 9.23 Å². The summed E-state index contributed by atoms with van der Waals surface area (Å²) >= 11 is 17.4. The molecule has 0 amide bonds. The first-order valence-corrected chi connectivity index (χ1v) is 5.80. The van der Waals surface area contributed by atoms with Crippen LogP contribution in [-0.4, -0.2) is 25.9 Å². The number of hydrogen-bond acceptors (Lipinski definition) is 1. The van der Waals surface area contributed by atoms with Crippen molar-refractivity contribution in [1.29, 1.82) is 0 Å². The highest BCUT2D eigenvalue weighted by molar-refractivity contribution is 6.70. The standard InChI is InChI=1S/C6H11Cl3OSi/c7-6(8,9)5(11)3-1-2-4-10-5/h1-4H2,11H3. The molecule has 1 rings (SSSR count). The van der Waals surface area contributed by atoms with Gasteiger partial charge in [0.2, 0.25) is 3.79 Å². The van der Waals surface area contributed by atoms with Crippen molar-refractivity contribution in [2.75, 3.05) is 6.61 Å². The van der Waals surface area contributed by atoms with Crippen molar-refractivity contribution in [2.24, 2.45) is 0 Å². The average Bonchev–Trinajstić information content (AvgIpc) is 1.87. The van der Waals surface area contributed by atoms with Crippen LogP contribution in [-0.2, 0) is 4.74 Å². The fraction of sp³-hybridized carbons (Fsp3) is 1.00. The van der Waals surface area contributed by atoms with E-state index >= 15 is 0 Å². The summed E-state index contributed by atoms with van der Waals surface area (Å²) < 4.78 is 4.26. The molecule has 0 aromatic carbocycles. The second-order valence-corrected chi connectivity index (χ2v) is 6.93. The molecular weight excluding hydrogens is 223 g/mol. The van der Waals surface area contributed by atoms with Gasteiger partial charge in [-0.3, -0.25) is 0 Å². The lowest BCUT2D eigenvalue weighted by molar-refractivity contribution is -0.0146. The first-order valence-electron chi connectivity index (χ1n) is 3.66. The summed E-state index contributed by atoms with van der Waals surface area (Å²) in [6, 6.07) is 0. The highest BCUT2D eigenvalue weighted by Gasteiger charge is 2.46. The van der Waals surface area contributed by atoms with Crippen LogP contribution in [0.1, 0.15) is 19.3 Å². The Kier molecular flexibility index (Phi) is 3.15. The summed E-state index contributed by atoms with van der Waals surface area (Å²) in [6.45, 7) is 0.734. The SMILES string of the molecule is [SiH3]C1(C(Cl)(Cl)Cl)CCCCO1. The molecule has 1 unspecified atom stereocenters. The molecule has 1 aliphatic rings. The van der Waals surface area contributed by atoms with Crippen LogP contribution in [0.15, 0.2) is 0 Å². The lowest BCUT2D eigenvalue weighted by Gasteiger charge is -2.39. The minimum absolute atomic E-state index is 0.448. The highest BCUT2D eigenvalue weighted by atomic mass is 35.6. The van der Waals surface area contributed by atoms with Crippen LogP contribution < -0.4 is 0 Å². The zero-order chi connectivity index (χ0) is 8.54. The van der Waals surface area contributed by atoms with E-state index in [2.05, 4.69) is 0 Å². The van der Waals surface area contributed by atoms with E-state index in [9.17, 15) is 0 Å². The molecule has 0 aliphatic carbocycles. The van der Waals surface area contributed by atoms with Gasteiger partial charge in [0.05, 0.1) is 5.22 Å². The van der Waals surface area contributed by atoms with Gasteiger partial charge in [0.1, 0.15) is 0 Å². The molecule has 1 aliphatic heterocycles. The number of ether oxygens (including phenoxy) is 1. The molecule has 0 aromatic rings. The molecule has 0 saturated carbocycles. The quantitative estimate of drug-likeness (QED) is 0.456. The van der Waals surface area contributed by atoms with Gasteiger partial charge in [-0.2, -0.15) is 0 Å². The van der Waals surface area contributed by atoms with E-state index in [0.717, 1.165) is 36.1 Å². The smallest absolute Gasteiger partial charge is 0.215 e. The predicted molar refractivity (Wildman–Crippen MR) is 52.8 cm³/mol. The van der Waals surface area contributed by atoms with Crippen LogP contribution in [0.3, 0.4) is 0 Å². The van der Waals surface area contributed by atoms with Crippen molar-refractivity contribution in [1.82, 2.24) is 0 Å². The van der Waals surface area contributed by atoms with Crippen LogP contribution in [0.5, 0.6) is 0 Å². The Hall–Kier alpha value is 1.05. The Labute approximate surface area is 84.8 Å². The van der Waals surface area contributed by atoms with Gasteiger partial charge >= 0.3 is 0 Å². The van der Waals surface area contributed by atoms with E-state index in [1.807, 2.05) is 0 Å². The van der Waals surface area contributed by atoms with Crippen molar-refractivity contribution in [3.05, 3.63) is 0 Å². The third-order valence-corrected chi connectivity index (χ3v) is 5.76. The number of hydrogen-bond donors (Lipinski definition) is 0. The molecule has 66 valence electrons. The maximum Gasteiger partial charge on any atom is 0.215 e. The number of alkyl halides is 3. The largest absolute Gasteiger partial charge is 0.375 e. The Morgan fingerprint density at radius 1 is 1.27 bits per heavy atom. The molecule has 1 saturated heterocycles. The van der Waals surface area contributed by atoms with Gasteiger partial charge in [-0.15, -0.1) is 0 Å². The molecule has 0 spiro atoms. The van der Waals surface area contributed by atoms with E-state index in [4.69, 9.17) is 39.5 Å². The van der Waals surface area contributed by atoms with Crippen LogP contribution >= 0.6 is 34.8 Å². The van der Waals surface area contributed by atoms with Crippen molar-refractivity contribution >= 4 is 45.0 Å². The second kappa shape index (κ2) is 3.42. The summed E-state index contributed by atoms with van der Waals surface area (Å²) in [7, 11) is 0.771. The predicted octanol–water partition coefficient (Wildman–Crippen LogP) is 1.62. The molecule has 1 nitrogen and oxygen atoms in total. The zero-order valence-corrected chi connectivity index (χ0v) is 10.6. The van der Waals surface area contributed by atoms with Crippen LogP contribution in [0.25, 0.3) is 0 Å². The van der Waals surface area contributed by atoms with E-state index < -0.39 is 9.02 Å². The normalized spacial score (nSPS) is 34.1. The van der Waals surface area contributed by atoms with E-state index in [1.165, 1.54) is 0 Å². The van der Waals surface area contributed by atoms with Gasteiger partial charge in [0, 0.05) is 16.8 Å². The third kappa shape index (κ3) is 2.25. The summed E-state index contributed by atoms with van der Waals surface area (Å²) in [4.78, 5) is 0. The van der Waals surface area contributed by atoms with Crippen molar-refractivity contribution < 1.29 is 4.74 Å². The Morgan fingerprint density at radius 3 is 2.18 bits per heavy atom. The second-order valence-electron chi connectivity index (χ2n) is 3.03. The number of rotatable bonds is 0. The van der Waals surface area contributed by atoms with Crippen molar-refractivity contribution in [3.8, 4) is 0 Å². The molecule has 1 heterocycles. The van der Waals surface area contributed by atoms with Crippen LogP contribution in [0, 0.1) is 0 Å². The molecule has 0 bridgehead atoms. The van der Waals surface area contributed by atoms with E-state index in [0.29, 0.717) is 0 Å². The fourth-order valence-electron chi connectivity index (χ4n) is 1.16. The van der Waals surface area contributed by atoms with Gasteiger partial charge in [0.25, 0.3) is 0 Å². The third-order valence-electron chi connectivity index (χ3n) is 2.07. The molecule has 0 aromatic heterocycles. The van der Waals surface area contributed by atoms with Crippen molar-refractivity contribution in [2.45, 2.75) is 28.3 Å². The van der Waals surface area contributed by atoms with E-state index in [1.54, 1.807) is 0 Å². The summed E-state index contributed by atoms with van der Waals surface area (Å²) in [5.74, 6) is 0. The van der Waals surface area contributed by atoms with Crippen molar-refractivity contribution in [3.63, 3.8) is 0 Å². The first kappa shape index (κ1) is 10.1. The molecule has 1 fully saturated rings. The molecule has 0 N–H and O–H groups in total. The van der Waals surface area contributed by atoms with Gasteiger partial charge in [-0.1, -0.05) is 34.8 Å². The molecule has 5 heteroatoms. The number of halogens is 3. The maximum atomic E-state index is 5.79. The van der Waals surface area contributed by atoms with Gasteiger partial charge in [-0.25, -0.2) is 0 Å². The summed E-state index contributed by atoms with van der Waals surface area (Å²) in [6.07, 6.45) is 3.08. The maximum absolute atomic E-state index is 5.79. The minimum Gasteiger partial charge on any atom is -0.375 e.